The highest BCUT2D eigenvalue weighted by molar-refractivity contribution is 6.29. The lowest BCUT2D eigenvalue weighted by molar-refractivity contribution is -0.119. The maximum Gasteiger partial charge on any atom is 0.340 e. The number of carbonyl (C=O) groups is 2. The molecule has 0 aliphatic carbocycles. The lowest BCUT2D eigenvalue weighted by Crippen LogP contribution is -2.21. The van der Waals surface area contributed by atoms with Crippen molar-refractivity contribution in [1.82, 2.24) is 15.2 Å². The summed E-state index contributed by atoms with van der Waals surface area (Å²) >= 11 is 5.60. The van der Waals surface area contributed by atoms with Gasteiger partial charge in [-0.05, 0) is 19.1 Å². The number of carbonyl (C=O) groups excluding carboxylic acids is 2. The molecule has 0 aliphatic heterocycles. The standard InChI is InChI=1S/C12H11ClN4O3/c1-7-4-10(17-16-7)15-11(18)6-20-12(19)8-2-3-9(13)14-5-8/h2-5H,6H2,1H3,(H2,15,16,17,18). The van der Waals surface area contributed by atoms with Gasteiger partial charge < -0.3 is 10.1 Å². The van der Waals surface area contributed by atoms with E-state index in [0.717, 1.165) is 5.69 Å². The lowest BCUT2D eigenvalue weighted by atomic mass is 10.3. The Labute approximate surface area is 119 Å². The van der Waals surface area contributed by atoms with Crippen LogP contribution in [0.5, 0.6) is 0 Å². The lowest BCUT2D eigenvalue weighted by Gasteiger charge is -2.04. The topological polar surface area (TPSA) is 97.0 Å². The number of nitrogens with one attached hydrogen (secondary N) is 2. The molecule has 0 aliphatic rings. The molecule has 8 heteroatoms. The number of esters is 1. The summed E-state index contributed by atoms with van der Waals surface area (Å²) in [7, 11) is 0. The van der Waals surface area contributed by atoms with Crippen LogP contribution in [0.1, 0.15) is 16.1 Å². The molecule has 0 saturated carbocycles. The van der Waals surface area contributed by atoms with E-state index in [1.54, 1.807) is 13.0 Å². The van der Waals surface area contributed by atoms with E-state index in [1.165, 1.54) is 18.3 Å². The van der Waals surface area contributed by atoms with Crippen LogP contribution in [-0.2, 0) is 9.53 Å². The maximum absolute atomic E-state index is 11.6. The van der Waals surface area contributed by atoms with Gasteiger partial charge in [-0.15, -0.1) is 0 Å². The molecule has 1 amide bonds. The van der Waals surface area contributed by atoms with Crippen LogP contribution in [0, 0.1) is 6.92 Å². The summed E-state index contributed by atoms with van der Waals surface area (Å²) in [5.41, 5.74) is 1.03. The molecule has 0 atom stereocenters. The number of aromatic amines is 1. The molecule has 2 aromatic rings. The van der Waals surface area contributed by atoms with Crippen molar-refractivity contribution >= 4 is 29.3 Å². The number of nitrogens with zero attached hydrogens (tertiary/aromatic N) is 2. The highest BCUT2D eigenvalue weighted by atomic mass is 35.5. The Morgan fingerprint density at radius 1 is 1.45 bits per heavy atom. The van der Waals surface area contributed by atoms with E-state index in [-0.39, 0.29) is 10.7 Å². The molecule has 0 spiro atoms. The molecule has 104 valence electrons. The molecule has 2 N–H and O–H groups in total. The molecule has 0 radical (unpaired) electrons. The molecular formula is C12H11ClN4O3. The monoisotopic (exact) mass is 294 g/mol. The van der Waals surface area contributed by atoms with Crippen molar-refractivity contribution < 1.29 is 14.3 Å². The minimum atomic E-state index is -0.650. The molecular weight excluding hydrogens is 284 g/mol. The van der Waals surface area contributed by atoms with Gasteiger partial charge in [0.15, 0.2) is 12.4 Å². The molecule has 2 rings (SSSR count). The Balaban J connectivity index is 1.84. The number of hydrogen-bond acceptors (Lipinski definition) is 5. The predicted molar refractivity (Wildman–Crippen MR) is 71.5 cm³/mol. The van der Waals surface area contributed by atoms with Crippen molar-refractivity contribution in [3.05, 3.63) is 40.8 Å². The largest absolute Gasteiger partial charge is 0.452 e. The second kappa shape index (κ2) is 6.16. The zero-order valence-corrected chi connectivity index (χ0v) is 11.3. The zero-order valence-electron chi connectivity index (χ0n) is 10.5. The Morgan fingerprint density at radius 2 is 2.25 bits per heavy atom. The third-order valence-corrected chi connectivity index (χ3v) is 2.49. The fraction of sp³-hybridized carbons (Fsp3) is 0.167. The second-order valence-electron chi connectivity index (χ2n) is 3.93. The van der Waals surface area contributed by atoms with Crippen LogP contribution >= 0.6 is 11.6 Å². The maximum atomic E-state index is 11.6. The van der Waals surface area contributed by atoms with E-state index >= 15 is 0 Å². The SMILES string of the molecule is Cc1cc(NC(=O)COC(=O)c2ccc(Cl)nc2)n[nH]1. The Kier molecular flexibility index (Phi) is 4.31. The van der Waals surface area contributed by atoms with Crippen molar-refractivity contribution in [2.45, 2.75) is 6.92 Å². The molecule has 0 unspecified atom stereocenters. The molecule has 20 heavy (non-hydrogen) atoms. The summed E-state index contributed by atoms with van der Waals surface area (Å²) in [6, 6.07) is 4.58. The number of hydrogen-bond donors (Lipinski definition) is 2. The minimum absolute atomic E-state index is 0.220. The highest BCUT2D eigenvalue weighted by Gasteiger charge is 2.11. The number of aromatic nitrogens is 3. The van der Waals surface area contributed by atoms with Crippen molar-refractivity contribution in [2.75, 3.05) is 11.9 Å². The Morgan fingerprint density at radius 3 is 2.85 bits per heavy atom. The third-order valence-electron chi connectivity index (χ3n) is 2.27. The summed E-state index contributed by atoms with van der Waals surface area (Å²) in [5.74, 6) is -0.758. The number of ether oxygens (including phenoxy) is 1. The van der Waals surface area contributed by atoms with E-state index < -0.39 is 18.5 Å². The van der Waals surface area contributed by atoms with Gasteiger partial charge in [0.1, 0.15) is 5.15 Å². The molecule has 2 aromatic heterocycles. The Bertz CT molecular complexity index is 624. The van der Waals surface area contributed by atoms with Gasteiger partial charge in [0.25, 0.3) is 5.91 Å². The van der Waals surface area contributed by atoms with Gasteiger partial charge in [-0.25, -0.2) is 9.78 Å². The van der Waals surface area contributed by atoms with E-state index in [1.807, 2.05) is 0 Å². The average molecular weight is 295 g/mol. The molecule has 0 saturated heterocycles. The Hall–Kier alpha value is -2.41. The molecule has 2 heterocycles. The van der Waals surface area contributed by atoms with E-state index in [0.29, 0.717) is 5.82 Å². The van der Waals surface area contributed by atoms with Gasteiger partial charge in [0.05, 0.1) is 5.56 Å². The molecule has 0 fully saturated rings. The normalized spacial score (nSPS) is 10.1. The summed E-state index contributed by atoms with van der Waals surface area (Å²) in [4.78, 5) is 26.9. The number of pyridine rings is 1. The summed E-state index contributed by atoms with van der Waals surface area (Å²) in [6.07, 6.45) is 1.28. The van der Waals surface area contributed by atoms with Gasteiger partial charge in [-0.1, -0.05) is 11.6 Å². The van der Waals surface area contributed by atoms with Crippen LogP contribution in [0.15, 0.2) is 24.4 Å². The highest BCUT2D eigenvalue weighted by Crippen LogP contribution is 2.07. The van der Waals surface area contributed by atoms with Crippen LogP contribution in [0.4, 0.5) is 5.82 Å². The number of anilines is 1. The van der Waals surface area contributed by atoms with Gasteiger partial charge in [-0.3, -0.25) is 9.89 Å². The van der Waals surface area contributed by atoms with Gasteiger partial charge in [-0.2, -0.15) is 5.10 Å². The first kappa shape index (κ1) is 14.0. The van der Waals surface area contributed by atoms with Crippen molar-refractivity contribution in [3.63, 3.8) is 0 Å². The fourth-order valence-electron chi connectivity index (χ4n) is 1.37. The van der Waals surface area contributed by atoms with Crippen LogP contribution in [-0.4, -0.2) is 33.7 Å². The summed E-state index contributed by atoms with van der Waals surface area (Å²) in [6.45, 7) is 1.39. The van der Waals surface area contributed by atoms with Crippen LogP contribution in [0.2, 0.25) is 5.15 Å². The van der Waals surface area contributed by atoms with Crippen molar-refractivity contribution in [2.24, 2.45) is 0 Å². The van der Waals surface area contributed by atoms with Gasteiger partial charge >= 0.3 is 5.97 Å². The van der Waals surface area contributed by atoms with Gasteiger partial charge in [0.2, 0.25) is 0 Å². The third kappa shape index (κ3) is 3.79. The fourth-order valence-corrected chi connectivity index (χ4v) is 1.48. The van der Waals surface area contributed by atoms with Gasteiger partial charge in [0, 0.05) is 18.0 Å². The smallest absolute Gasteiger partial charge is 0.340 e. The second-order valence-corrected chi connectivity index (χ2v) is 4.32. The van der Waals surface area contributed by atoms with Crippen LogP contribution in [0.3, 0.4) is 0 Å². The zero-order chi connectivity index (χ0) is 14.5. The predicted octanol–water partition coefficient (Wildman–Crippen LogP) is 1.56. The number of aryl methyl sites for hydroxylation is 1. The van der Waals surface area contributed by atoms with Crippen LogP contribution in [0.25, 0.3) is 0 Å². The molecule has 0 bridgehead atoms. The molecule has 0 aromatic carbocycles. The van der Waals surface area contributed by atoms with Crippen molar-refractivity contribution in [3.8, 4) is 0 Å². The summed E-state index contributed by atoms with van der Waals surface area (Å²) < 4.78 is 4.84. The van der Waals surface area contributed by atoms with Crippen molar-refractivity contribution in [1.29, 1.82) is 0 Å². The first-order chi connectivity index (χ1) is 9.54. The van der Waals surface area contributed by atoms with Crippen LogP contribution < -0.4 is 5.32 Å². The first-order valence-corrected chi connectivity index (χ1v) is 6.03. The number of amides is 1. The summed E-state index contributed by atoms with van der Waals surface area (Å²) in [5, 5.41) is 9.26. The number of H-pyrrole nitrogens is 1. The van der Waals surface area contributed by atoms with E-state index in [9.17, 15) is 9.59 Å². The van der Waals surface area contributed by atoms with E-state index in [4.69, 9.17) is 16.3 Å². The minimum Gasteiger partial charge on any atom is -0.452 e. The average Bonchev–Trinajstić information content (AvgIpc) is 2.82. The first-order valence-electron chi connectivity index (χ1n) is 5.65. The van der Waals surface area contributed by atoms with E-state index in [2.05, 4.69) is 20.5 Å². The number of rotatable bonds is 4. The quantitative estimate of drug-likeness (QED) is 0.659. The number of halogens is 1. The molecule has 7 nitrogen and oxygen atoms in total.